The van der Waals surface area contributed by atoms with Gasteiger partial charge in [0.2, 0.25) is 0 Å². The van der Waals surface area contributed by atoms with Gasteiger partial charge in [-0.15, -0.1) is 0 Å². The van der Waals surface area contributed by atoms with Crippen LogP contribution in [0, 0.1) is 10.1 Å². The lowest BCUT2D eigenvalue weighted by molar-refractivity contribution is -0.385. The molecule has 1 aliphatic rings. The molecule has 0 aromatic heterocycles. The molecule has 0 heterocycles. The minimum Gasteiger partial charge on any atom is -0.497 e. The van der Waals surface area contributed by atoms with E-state index in [-0.39, 0.29) is 22.6 Å². The lowest BCUT2D eigenvalue weighted by atomic mass is 10.1. The van der Waals surface area contributed by atoms with Crippen LogP contribution < -0.4 is 10.5 Å². The van der Waals surface area contributed by atoms with Crippen LogP contribution in [0.25, 0.3) is 0 Å². The third-order valence-electron chi connectivity index (χ3n) is 2.67. The van der Waals surface area contributed by atoms with Crippen molar-refractivity contribution < 1.29 is 9.66 Å². The van der Waals surface area contributed by atoms with Crippen molar-refractivity contribution in [1.29, 1.82) is 0 Å². The highest BCUT2D eigenvalue weighted by Crippen LogP contribution is 2.44. The van der Waals surface area contributed by atoms with Crippen molar-refractivity contribution in [2.24, 2.45) is 5.73 Å². The number of benzene rings is 1. The zero-order valence-electron chi connectivity index (χ0n) is 8.34. The zero-order valence-corrected chi connectivity index (χ0v) is 8.34. The number of hydrogen-bond donors (Lipinski definition) is 1. The highest BCUT2D eigenvalue weighted by Gasteiger charge is 2.39. The van der Waals surface area contributed by atoms with Crippen LogP contribution in [-0.2, 0) is 0 Å². The van der Waals surface area contributed by atoms with Crippen molar-refractivity contribution in [3.63, 3.8) is 0 Å². The number of ether oxygens (including phenoxy) is 1. The van der Waals surface area contributed by atoms with Gasteiger partial charge in [-0.05, 0) is 18.6 Å². The third-order valence-corrected chi connectivity index (χ3v) is 2.67. The second-order valence-corrected chi connectivity index (χ2v) is 3.69. The molecule has 0 amide bonds. The van der Waals surface area contributed by atoms with E-state index < -0.39 is 0 Å². The highest BCUT2D eigenvalue weighted by atomic mass is 16.6. The maximum atomic E-state index is 10.8. The second-order valence-electron chi connectivity index (χ2n) is 3.69. The second kappa shape index (κ2) is 3.51. The number of nitro groups is 1. The molecule has 1 saturated carbocycles. The maximum Gasteiger partial charge on any atom is 0.273 e. The molecule has 80 valence electrons. The highest BCUT2D eigenvalue weighted by molar-refractivity contribution is 5.50. The minimum absolute atomic E-state index is 0.0517. The number of methoxy groups -OCH3 is 1. The molecule has 1 aromatic carbocycles. The Morgan fingerprint density at radius 2 is 2.27 bits per heavy atom. The Morgan fingerprint density at radius 1 is 1.60 bits per heavy atom. The maximum absolute atomic E-state index is 10.8. The molecular weight excluding hydrogens is 196 g/mol. The zero-order chi connectivity index (χ0) is 11.0. The molecule has 15 heavy (non-hydrogen) atoms. The monoisotopic (exact) mass is 208 g/mol. The standard InChI is InChI=1S/C10H12N2O3/c1-15-6-2-3-10(12(13)14)8(4-6)7-5-9(7)11/h2-4,7,9H,5,11H2,1H3/t7-,9+/m0/s1. The first kappa shape index (κ1) is 9.92. The first-order valence-electron chi connectivity index (χ1n) is 4.71. The van der Waals surface area contributed by atoms with E-state index in [0.29, 0.717) is 11.3 Å². The van der Waals surface area contributed by atoms with Crippen molar-refractivity contribution in [3.8, 4) is 5.75 Å². The molecular formula is C10H12N2O3. The van der Waals surface area contributed by atoms with Gasteiger partial charge in [-0.25, -0.2) is 0 Å². The molecule has 2 N–H and O–H groups in total. The van der Waals surface area contributed by atoms with Gasteiger partial charge in [0, 0.05) is 23.6 Å². The van der Waals surface area contributed by atoms with Crippen LogP contribution in [0.4, 0.5) is 5.69 Å². The number of nitrogens with zero attached hydrogens (tertiary/aromatic N) is 1. The van der Waals surface area contributed by atoms with E-state index >= 15 is 0 Å². The van der Waals surface area contributed by atoms with Gasteiger partial charge in [-0.3, -0.25) is 10.1 Å². The Bertz CT molecular complexity index is 406. The van der Waals surface area contributed by atoms with Crippen LogP contribution in [0.15, 0.2) is 18.2 Å². The lowest BCUT2D eigenvalue weighted by Crippen LogP contribution is -2.03. The molecule has 5 nitrogen and oxygen atoms in total. The summed E-state index contributed by atoms with van der Waals surface area (Å²) in [4.78, 5) is 10.4. The van der Waals surface area contributed by atoms with Gasteiger partial charge in [0.15, 0.2) is 0 Å². The molecule has 0 saturated heterocycles. The Labute approximate surface area is 87.0 Å². The molecule has 0 aliphatic heterocycles. The Kier molecular flexibility index (Phi) is 2.32. The summed E-state index contributed by atoms with van der Waals surface area (Å²) in [5.74, 6) is 0.746. The molecule has 1 fully saturated rings. The van der Waals surface area contributed by atoms with E-state index in [1.807, 2.05) is 0 Å². The molecule has 1 aromatic rings. The first-order chi connectivity index (χ1) is 7.13. The fourth-order valence-corrected chi connectivity index (χ4v) is 1.70. The van der Waals surface area contributed by atoms with Crippen LogP contribution in [0.3, 0.4) is 0 Å². The van der Waals surface area contributed by atoms with Crippen LogP contribution in [0.2, 0.25) is 0 Å². The Balaban J connectivity index is 2.42. The van der Waals surface area contributed by atoms with Crippen molar-refractivity contribution in [1.82, 2.24) is 0 Å². The normalized spacial score (nSPS) is 23.6. The predicted octanol–water partition coefficient (Wildman–Crippen LogP) is 1.42. The van der Waals surface area contributed by atoms with Gasteiger partial charge >= 0.3 is 0 Å². The van der Waals surface area contributed by atoms with E-state index in [1.165, 1.54) is 13.2 Å². The van der Waals surface area contributed by atoms with Gasteiger partial charge in [-0.1, -0.05) is 0 Å². The quantitative estimate of drug-likeness (QED) is 0.601. The summed E-state index contributed by atoms with van der Waals surface area (Å²) in [6.07, 6.45) is 0.813. The van der Waals surface area contributed by atoms with Crippen molar-refractivity contribution in [2.45, 2.75) is 18.4 Å². The Morgan fingerprint density at radius 3 is 2.73 bits per heavy atom. The van der Waals surface area contributed by atoms with E-state index in [4.69, 9.17) is 10.5 Å². The molecule has 2 rings (SSSR count). The number of hydrogen-bond acceptors (Lipinski definition) is 4. The average Bonchev–Trinajstić information content (AvgIpc) is 2.94. The third kappa shape index (κ3) is 1.78. The van der Waals surface area contributed by atoms with Gasteiger partial charge in [0.1, 0.15) is 5.75 Å². The molecule has 1 aliphatic carbocycles. The summed E-state index contributed by atoms with van der Waals surface area (Å²) >= 11 is 0. The van der Waals surface area contributed by atoms with Crippen molar-refractivity contribution in [2.75, 3.05) is 7.11 Å². The lowest BCUT2D eigenvalue weighted by Gasteiger charge is -2.04. The van der Waals surface area contributed by atoms with Crippen molar-refractivity contribution >= 4 is 5.69 Å². The fraction of sp³-hybridized carbons (Fsp3) is 0.400. The molecule has 0 spiro atoms. The summed E-state index contributed by atoms with van der Waals surface area (Å²) in [6, 6.07) is 4.82. The predicted molar refractivity (Wildman–Crippen MR) is 55.0 cm³/mol. The van der Waals surface area contributed by atoms with Crippen LogP contribution in [0.1, 0.15) is 17.9 Å². The van der Waals surface area contributed by atoms with E-state index in [0.717, 1.165) is 6.42 Å². The number of nitrogens with two attached hydrogens (primary N) is 1. The van der Waals surface area contributed by atoms with Crippen LogP contribution >= 0.6 is 0 Å². The summed E-state index contributed by atoms with van der Waals surface area (Å²) in [5, 5.41) is 10.8. The smallest absolute Gasteiger partial charge is 0.273 e. The van der Waals surface area contributed by atoms with Crippen molar-refractivity contribution in [3.05, 3.63) is 33.9 Å². The molecule has 0 unspecified atom stereocenters. The van der Waals surface area contributed by atoms with Crippen LogP contribution in [0.5, 0.6) is 5.75 Å². The summed E-state index contributed by atoms with van der Waals surface area (Å²) in [6.45, 7) is 0. The van der Waals surface area contributed by atoms with Gasteiger partial charge in [-0.2, -0.15) is 0 Å². The average molecular weight is 208 g/mol. The summed E-state index contributed by atoms with van der Waals surface area (Å²) in [5.41, 5.74) is 6.52. The van der Waals surface area contributed by atoms with E-state index in [9.17, 15) is 10.1 Å². The molecule has 0 bridgehead atoms. The molecule has 0 radical (unpaired) electrons. The largest absolute Gasteiger partial charge is 0.497 e. The topological polar surface area (TPSA) is 78.4 Å². The first-order valence-corrected chi connectivity index (χ1v) is 4.71. The summed E-state index contributed by atoms with van der Waals surface area (Å²) < 4.78 is 5.04. The Hall–Kier alpha value is -1.62. The molecule has 2 atom stereocenters. The van der Waals surface area contributed by atoms with E-state index in [2.05, 4.69) is 0 Å². The van der Waals surface area contributed by atoms with Gasteiger partial charge < -0.3 is 10.5 Å². The van der Waals surface area contributed by atoms with Gasteiger partial charge in [0.05, 0.1) is 12.0 Å². The van der Waals surface area contributed by atoms with E-state index in [1.54, 1.807) is 12.1 Å². The van der Waals surface area contributed by atoms with Crippen LogP contribution in [-0.4, -0.2) is 18.1 Å². The summed E-state index contributed by atoms with van der Waals surface area (Å²) in [7, 11) is 1.54. The fourth-order valence-electron chi connectivity index (χ4n) is 1.70. The van der Waals surface area contributed by atoms with Gasteiger partial charge in [0.25, 0.3) is 5.69 Å². The minimum atomic E-state index is -0.375. The SMILES string of the molecule is COc1ccc([N+](=O)[O-])c([C@@H]2C[C@H]2N)c1. The number of nitro benzene ring substituents is 1. The molecule has 5 heteroatoms. The number of rotatable bonds is 3.